The molecule has 7 nitrogen and oxygen atoms in total. The predicted octanol–water partition coefficient (Wildman–Crippen LogP) is 2.21. The largest absolute Gasteiger partial charge is 0.380 e. The van der Waals surface area contributed by atoms with Crippen molar-refractivity contribution in [2.75, 3.05) is 25.5 Å². The van der Waals surface area contributed by atoms with Crippen LogP contribution >= 0.6 is 0 Å². The Labute approximate surface area is 151 Å². The van der Waals surface area contributed by atoms with Gasteiger partial charge in [-0.05, 0) is 62.5 Å². The van der Waals surface area contributed by atoms with Crippen molar-refractivity contribution in [2.45, 2.75) is 18.9 Å². The molecule has 1 aromatic heterocycles. The van der Waals surface area contributed by atoms with Crippen LogP contribution in [0.3, 0.4) is 0 Å². The molecular weight excluding hydrogens is 330 g/mol. The second-order valence-electron chi connectivity index (χ2n) is 6.60. The van der Waals surface area contributed by atoms with Gasteiger partial charge in [0.25, 0.3) is 0 Å². The standard InChI is InChI=1S/C19H21N5O2/c1-23-12-10-15(11-13-23)20-16-8-5-9-17-18(16)21-22-24(17)26-19(25)14-6-3-2-4-7-14/h2-9,15,20H,10-13H2,1H3. The summed E-state index contributed by atoms with van der Waals surface area (Å²) in [5, 5.41) is 11.8. The van der Waals surface area contributed by atoms with Crippen molar-refractivity contribution in [3.8, 4) is 0 Å². The number of nitrogens with one attached hydrogen (secondary N) is 1. The summed E-state index contributed by atoms with van der Waals surface area (Å²) in [6.45, 7) is 2.16. The molecule has 0 aliphatic carbocycles. The van der Waals surface area contributed by atoms with Gasteiger partial charge >= 0.3 is 5.97 Å². The second-order valence-corrected chi connectivity index (χ2v) is 6.60. The van der Waals surface area contributed by atoms with E-state index < -0.39 is 5.97 Å². The Hall–Kier alpha value is -2.93. The Kier molecular flexibility index (Phi) is 4.53. The third-order valence-corrected chi connectivity index (χ3v) is 4.70. The minimum Gasteiger partial charge on any atom is -0.380 e. The zero-order valence-corrected chi connectivity index (χ0v) is 14.6. The number of likely N-dealkylation sites (tertiary alicyclic amines) is 1. The van der Waals surface area contributed by atoms with Crippen LogP contribution in [0.5, 0.6) is 0 Å². The van der Waals surface area contributed by atoms with Crippen LogP contribution in [0, 0.1) is 0 Å². The minimum absolute atomic E-state index is 0.411. The number of aromatic nitrogens is 3. The monoisotopic (exact) mass is 351 g/mol. The third kappa shape index (κ3) is 3.39. The van der Waals surface area contributed by atoms with Gasteiger partial charge in [0.05, 0.1) is 11.3 Å². The first-order valence-corrected chi connectivity index (χ1v) is 8.78. The number of piperidine rings is 1. The first-order chi connectivity index (χ1) is 12.7. The fraction of sp³-hybridized carbons (Fsp3) is 0.316. The molecule has 7 heteroatoms. The summed E-state index contributed by atoms with van der Waals surface area (Å²) in [7, 11) is 2.14. The summed E-state index contributed by atoms with van der Waals surface area (Å²) in [6, 6.07) is 15.0. The molecule has 0 unspecified atom stereocenters. The Morgan fingerprint density at radius 2 is 1.88 bits per heavy atom. The molecule has 1 aliphatic heterocycles. The topological polar surface area (TPSA) is 72.3 Å². The molecular formula is C19H21N5O2. The fourth-order valence-electron chi connectivity index (χ4n) is 3.19. The lowest BCUT2D eigenvalue weighted by atomic mass is 10.1. The van der Waals surface area contributed by atoms with E-state index in [1.165, 1.54) is 4.85 Å². The zero-order valence-electron chi connectivity index (χ0n) is 14.6. The van der Waals surface area contributed by atoms with Crippen molar-refractivity contribution in [3.05, 3.63) is 54.1 Å². The number of hydrogen-bond donors (Lipinski definition) is 1. The van der Waals surface area contributed by atoms with Gasteiger partial charge < -0.3 is 15.1 Å². The molecule has 2 aromatic carbocycles. The Morgan fingerprint density at radius 3 is 2.65 bits per heavy atom. The number of nitrogens with zero attached hydrogens (tertiary/aromatic N) is 4. The van der Waals surface area contributed by atoms with E-state index in [-0.39, 0.29) is 0 Å². The van der Waals surface area contributed by atoms with Crippen LogP contribution in [0.1, 0.15) is 23.2 Å². The van der Waals surface area contributed by atoms with Crippen molar-refractivity contribution in [1.29, 1.82) is 0 Å². The fourth-order valence-corrected chi connectivity index (χ4v) is 3.19. The van der Waals surface area contributed by atoms with Gasteiger partial charge in [0, 0.05) is 6.04 Å². The third-order valence-electron chi connectivity index (χ3n) is 4.70. The molecule has 1 fully saturated rings. The van der Waals surface area contributed by atoms with Gasteiger partial charge in [-0.15, -0.1) is 5.10 Å². The first kappa shape index (κ1) is 16.5. The lowest BCUT2D eigenvalue weighted by Crippen LogP contribution is -2.36. The normalized spacial score (nSPS) is 15.9. The van der Waals surface area contributed by atoms with Crippen molar-refractivity contribution in [1.82, 2.24) is 20.1 Å². The molecule has 134 valence electrons. The van der Waals surface area contributed by atoms with Crippen LogP contribution in [0.25, 0.3) is 11.0 Å². The van der Waals surface area contributed by atoms with Gasteiger partial charge in [0.2, 0.25) is 0 Å². The van der Waals surface area contributed by atoms with E-state index in [2.05, 4.69) is 27.6 Å². The Morgan fingerprint density at radius 1 is 1.12 bits per heavy atom. The van der Waals surface area contributed by atoms with Crippen molar-refractivity contribution < 1.29 is 9.63 Å². The van der Waals surface area contributed by atoms with Crippen molar-refractivity contribution in [2.24, 2.45) is 0 Å². The first-order valence-electron chi connectivity index (χ1n) is 8.78. The molecule has 1 N–H and O–H groups in total. The number of fused-ring (bicyclic) bond motifs is 1. The van der Waals surface area contributed by atoms with E-state index in [0.717, 1.165) is 31.6 Å². The molecule has 0 atom stereocenters. The summed E-state index contributed by atoms with van der Waals surface area (Å²) in [4.78, 5) is 21.2. The van der Waals surface area contributed by atoms with Gasteiger partial charge in [-0.25, -0.2) is 4.79 Å². The zero-order chi connectivity index (χ0) is 17.9. The Balaban J connectivity index is 1.54. The van der Waals surface area contributed by atoms with E-state index >= 15 is 0 Å². The second kappa shape index (κ2) is 7.13. The molecule has 2 heterocycles. The maximum Gasteiger partial charge on any atom is 0.365 e. The van der Waals surface area contributed by atoms with E-state index in [4.69, 9.17) is 4.84 Å². The molecule has 1 aliphatic rings. The average molecular weight is 351 g/mol. The molecule has 0 radical (unpaired) electrons. The number of carbonyl (C=O) groups excluding carboxylic acids is 1. The number of benzene rings is 2. The van der Waals surface area contributed by atoms with Crippen LogP contribution in [-0.2, 0) is 0 Å². The van der Waals surface area contributed by atoms with Crippen molar-refractivity contribution >= 4 is 22.7 Å². The predicted molar refractivity (Wildman–Crippen MR) is 99.0 cm³/mol. The Bertz CT molecular complexity index is 901. The van der Waals surface area contributed by atoms with Crippen molar-refractivity contribution in [3.63, 3.8) is 0 Å². The van der Waals surface area contributed by atoms with E-state index in [1.807, 2.05) is 24.3 Å². The molecule has 1 saturated heterocycles. The van der Waals surface area contributed by atoms with Crippen LogP contribution in [0.4, 0.5) is 5.69 Å². The van der Waals surface area contributed by atoms with E-state index in [9.17, 15) is 4.79 Å². The highest BCUT2D eigenvalue weighted by atomic mass is 16.7. The van der Waals surface area contributed by atoms with Gasteiger partial charge in [0.1, 0.15) is 11.0 Å². The van der Waals surface area contributed by atoms with Crippen LogP contribution < -0.4 is 10.2 Å². The van der Waals surface area contributed by atoms with Gasteiger partial charge in [-0.1, -0.05) is 29.1 Å². The molecule has 26 heavy (non-hydrogen) atoms. The summed E-state index contributed by atoms with van der Waals surface area (Å²) in [6.07, 6.45) is 2.17. The quantitative estimate of drug-likeness (QED) is 0.727. The molecule has 0 spiro atoms. The summed E-state index contributed by atoms with van der Waals surface area (Å²) >= 11 is 0. The van der Waals surface area contributed by atoms with Gasteiger partial charge in [-0.3, -0.25) is 0 Å². The average Bonchev–Trinajstić information content (AvgIpc) is 3.08. The van der Waals surface area contributed by atoms with E-state index in [1.54, 1.807) is 24.3 Å². The van der Waals surface area contributed by atoms with Gasteiger partial charge in [0.15, 0.2) is 0 Å². The number of carbonyl (C=O) groups is 1. The summed E-state index contributed by atoms with van der Waals surface area (Å²) in [5.74, 6) is -0.467. The highest BCUT2D eigenvalue weighted by molar-refractivity contribution is 5.91. The highest BCUT2D eigenvalue weighted by Crippen LogP contribution is 2.23. The summed E-state index contributed by atoms with van der Waals surface area (Å²) < 4.78 is 0. The molecule has 0 bridgehead atoms. The lowest BCUT2D eigenvalue weighted by Gasteiger charge is -2.30. The number of anilines is 1. The van der Waals surface area contributed by atoms with Crippen LogP contribution in [0.15, 0.2) is 48.5 Å². The molecule has 4 rings (SSSR count). The van der Waals surface area contributed by atoms with Gasteiger partial charge in [-0.2, -0.15) is 0 Å². The maximum atomic E-state index is 12.3. The maximum absolute atomic E-state index is 12.3. The lowest BCUT2D eigenvalue weighted by molar-refractivity contribution is 0.0409. The number of rotatable bonds is 4. The molecule has 0 saturated carbocycles. The molecule has 3 aromatic rings. The minimum atomic E-state index is -0.467. The highest BCUT2D eigenvalue weighted by Gasteiger charge is 2.19. The number of hydrogen-bond acceptors (Lipinski definition) is 6. The van der Waals surface area contributed by atoms with E-state index in [0.29, 0.717) is 22.6 Å². The van der Waals surface area contributed by atoms with Crippen LogP contribution in [0.2, 0.25) is 0 Å². The molecule has 0 amide bonds. The smallest absolute Gasteiger partial charge is 0.365 e. The summed E-state index contributed by atoms with van der Waals surface area (Å²) in [5.41, 5.74) is 2.75. The van der Waals surface area contributed by atoms with Crippen LogP contribution in [-0.4, -0.2) is 52.2 Å². The SMILES string of the molecule is CN1CCC(Nc2cccc3c2nnn3OC(=O)c2ccccc2)CC1.